The highest BCUT2D eigenvalue weighted by Crippen LogP contribution is 2.60. The third kappa shape index (κ3) is 5.10. The summed E-state index contributed by atoms with van der Waals surface area (Å²) in [6, 6.07) is 2.76. The summed E-state index contributed by atoms with van der Waals surface area (Å²) in [6.45, 7) is -0.0963. The van der Waals surface area contributed by atoms with Crippen LogP contribution >= 0.6 is 0 Å². The summed E-state index contributed by atoms with van der Waals surface area (Å²) in [7, 11) is 2.80. The minimum absolute atomic E-state index is 0.0249. The Kier molecular flexibility index (Phi) is 8.17. The van der Waals surface area contributed by atoms with Gasteiger partial charge in [0.1, 0.15) is 17.2 Å². The first-order chi connectivity index (χ1) is 20.5. The standard InChI is InChI=1S/C30H34N2O11/c1-42-19-11-14(33)12-20(43-2)26(19)24-15-7-8-16-23(29(40)31(27(16)38)9-3-5-21(34)35)17(15)13-18-25(24)30(41)32(28(18)39)10-4-6-22(36)37/h7,11-12,16-18,23-25,33H,3-6,8-10,13H2,1-2H3,(H,34,35)(H,36,37)/t16-,17+,18+,23-,24-,25+/m0/s1. The normalized spacial score (nSPS) is 27.9. The van der Waals surface area contributed by atoms with E-state index in [0.717, 1.165) is 9.80 Å². The maximum absolute atomic E-state index is 13.9. The van der Waals surface area contributed by atoms with Crippen LogP contribution in [-0.2, 0) is 28.8 Å². The maximum atomic E-state index is 13.9. The monoisotopic (exact) mass is 598 g/mol. The number of nitrogens with zero attached hydrogens (tertiary/aromatic N) is 2. The van der Waals surface area contributed by atoms with Gasteiger partial charge in [-0.15, -0.1) is 0 Å². The number of aliphatic carboxylic acids is 2. The Morgan fingerprint density at radius 3 is 1.81 bits per heavy atom. The molecule has 2 heterocycles. The van der Waals surface area contributed by atoms with Gasteiger partial charge in [-0.2, -0.15) is 0 Å². The number of likely N-dealkylation sites (tertiary alicyclic amines) is 2. The molecule has 1 aromatic rings. The smallest absolute Gasteiger partial charge is 0.303 e. The van der Waals surface area contributed by atoms with E-state index < -0.39 is 65.2 Å². The molecule has 0 bridgehead atoms. The second-order valence-electron chi connectivity index (χ2n) is 11.4. The first-order valence-corrected chi connectivity index (χ1v) is 14.3. The van der Waals surface area contributed by atoms with Gasteiger partial charge in [0.25, 0.3) is 0 Å². The van der Waals surface area contributed by atoms with Crippen molar-refractivity contribution >= 4 is 35.6 Å². The SMILES string of the molecule is COc1cc(O)cc(OC)c1[C@H]1C2=CC[C@@H]3C(=O)N(CCCC(=O)O)C(=O)[C@@H]3[C@@H]2C[C@H]2C(=O)N(CCCC(=O)O)C(=O)[C@@H]12. The van der Waals surface area contributed by atoms with Crippen molar-refractivity contribution in [1.29, 1.82) is 0 Å². The average molecular weight is 599 g/mol. The van der Waals surface area contributed by atoms with Crippen LogP contribution in [0.3, 0.4) is 0 Å². The van der Waals surface area contributed by atoms with Crippen LogP contribution in [0.5, 0.6) is 17.2 Å². The zero-order valence-electron chi connectivity index (χ0n) is 23.9. The number of imide groups is 2. The van der Waals surface area contributed by atoms with Crippen molar-refractivity contribution in [2.45, 2.75) is 44.4 Å². The van der Waals surface area contributed by atoms with Crippen molar-refractivity contribution in [2.75, 3.05) is 27.3 Å². The first kappa shape index (κ1) is 30.1. The van der Waals surface area contributed by atoms with Gasteiger partial charge in [-0.3, -0.25) is 38.6 Å². The molecule has 6 atom stereocenters. The molecule has 230 valence electrons. The van der Waals surface area contributed by atoms with Crippen molar-refractivity contribution in [1.82, 2.24) is 9.80 Å². The van der Waals surface area contributed by atoms with Crippen LogP contribution in [0, 0.1) is 29.6 Å². The van der Waals surface area contributed by atoms with Gasteiger partial charge in [0, 0.05) is 49.5 Å². The van der Waals surface area contributed by atoms with E-state index in [1.54, 1.807) is 0 Å². The van der Waals surface area contributed by atoms with Crippen LogP contribution in [0.2, 0.25) is 0 Å². The van der Waals surface area contributed by atoms with E-state index in [2.05, 4.69) is 0 Å². The molecule has 4 aliphatic rings. The van der Waals surface area contributed by atoms with Gasteiger partial charge < -0.3 is 24.8 Å². The van der Waals surface area contributed by atoms with Crippen molar-refractivity contribution in [2.24, 2.45) is 29.6 Å². The number of benzene rings is 1. The number of allylic oxidation sites excluding steroid dienone is 2. The number of carbonyl (C=O) groups excluding carboxylic acids is 4. The summed E-state index contributed by atoms with van der Waals surface area (Å²) in [5.74, 6) is -8.10. The summed E-state index contributed by atoms with van der Waals surface area (Å²) >= 11 is 0. The first-order valence-electron chi connectivity index (χ1n) is 14.3. The lowest BCUT2D eigenvalue weighted by Gasteiger charge is -2.44. The number of hydrogen-bond donors (Lipinski definition) is 3. The highest BCUT2D eigenvalue weighted by atomic mass is 16.5. The number of carbonyl (C=O) groups is 6. The van der Waals surface area contributed by atoms with E-state index in [9.17, 15) is 33.9 Å². The molecule has 43 heavy (non-hydrogen) atoms. The molecule has 5 rings (SSSR count). The van der Waals surface area contributed by atoms with Crippen molar-refractivity contribution in [3.8, 4) is 17.2 Å². The fourth-order valence-corrected chi connectivity index (χ4v) is 7.49. The van der Waals surface area contributed by atoms with E-state index in [-0.39, 0.29) is 74.8 Å². The molecule has 4 amide bonds. The van der Waals surface area contributed by atoms with Gasteiger partial charge in [0.2, 0.25) is 23.6 Å². The highest BCUT2D eigenvalue weighted by Gasteiger charge is 2.62. The van der Waals surface area contributed by atoms with E-state index in [0.29, 0.717) is 11.1 Å². The summed E-state index contributed by atoms with van der Waals surface area (Å²) in [5.41, 5.74) is 1.13. The topological polar surface area (TPSA) is 188 Å². The highest BCUT2D eigenvalue weighted by molar-refractivity contribution is 6.08. The van der Waals surface area contributed by atoms with Crippen LogP contribution in [0.1, 0.15) is 50.0 Å². The van der Waals surface area contributed by atoms with E-state index in [1.165, 1.54) is 26.4 Å². The van der Waals surface area contributed by atoms with Crippen molar-refractivity contribution in [3.05, 3.63) is 29.3 Å². The Morgan fingerprint density at radius 1 is 0.791 bits per heavy atom. The van der Waals surface area contributed by atoms with Gasteiger partial charge in [0.15, 0.2) is 0 Å². The number of phenolic OH excluding ortho intramolecular Hbond substituents is 1. The van der Waals surface area contributed by atoms with Gasteiger partial charge in [-0.1, -0.05) is 11.6 Å². The molecule has 0 radical (unpaired) electrons. The predicted octanol–water partition coefficient (Wildman–Crippen LogP) is 1.77. The number of fused-ring (bicyclic) bond motifs is 4. The Labute approximate surface area is 247 Å². The van der Waals surface area contributed by atoms with Gasteiger partial charge in [0.05, 0.1) is 37.9 Å². The molecule has 2 aliphatic heterocycles. The summed E-state index contributed by atoms with van der Waals surface area (Å²) < 4.78 is 11.2. The lowest BCUT2D eigenvalue weighted by atomic mass is 9.57. The molecule has 2 saturated heterocycles. The van der Waals surface area contributed by atoms with Gasteiger partial charge >= 0.3 is 11.9 Å². The van der Waals surface area contributed by atoms with Gasteiger partial charge in [-0.05, 0) is 31.6 Å². The molecule has 1 saturated carbocycles. The number of phenols is 1. The van der Waals surface area contributed by atoms with E-state index >= 15 is 0 Å². The second-order valence-corrected chi connectivity index (χ2v) is 11.4. The lowest BCUT2D eigenvalue weighted by Crippen LogP contribution is -2.43. The van der Waals surface area contributed by atoms with Gasteiger partial charge in [-0.25, -0.2) is 0 Å². The number of hydrogen-bond acceptors (Lipinski definition) is 9. The molecular weight excluding hydrogens is 564 g/mol. The average Bonchev–Trinajstić information content (AvgIpc) is 3.35. The maximum Gasteiger partial charge on any atom is 0.303 e. The summed E-state index contributed by atoms with van der Waals surface area (Å²) in [5, 5.41) is 28.4. The van der Waals surface area contributed by atoms with Crippen LogP contribution in [0.25, 0.3) is 0 Å². The van der Waals surface area contributed by atoms with Crippen molar-refractivity contribution < 1.29 is 53.6 Å². The number of methoxy groups -OCH3 is 2. The van der Waals surface area contributed by atoms with Crippen molar-refractivity contribution in [3.63, 3.8) is 0 Å². The fraction of sp³-hybridized carbons (Fsp3) is 0.533. The third-order valence-electron chi connectivity index (χ3n) is 9.22. The molecule has 0 aromatic heterocycles. The molecule has 0 spiro atoms. The Bertz CT molecular complexity index is 1390. The molecule has 0 unspecified atom stereocenters. The minimum atomic E-state index is -1.05. The van der Waals surface area contributed by atoms with Crippen LogP contribution in [0.15, 0.2) is 23.8 Å². The predicted molar refractivity (Wildman–Crippen MR) is 146 cm³/mol. The largest absolute Gasteiger partial charge is 0.508 e. The molecule has 2 aliphatic carbocycles. The number of amides is 4. The van der Waals surface area contributed by atoms with E-state index in [1.807, 2.05) is 6.08 Å². The third-order valence-corrected chi connectivity index (χ3v) is 9.22. The number of rotatable bonds is 11. The molecule has 13 nitrogen and oxygen atoms in total. The molecule has 13 heteroatoms. The zero-order valence-corrected chi connectivity index (χ0v) is 23.9. The number of carboxylic acid groups (broad SMARTS) is 2. The lowest BCUT2D eigenvalue weighted by molar-refractivity contribution is -0.143. The molecule has 3 fully saturated rings. The van der Waals surface area contributed by atoms with Crippen LogP contribution in [0.4, 0.5) is 0 Å². The van der Waals surface area contributed by atoms with Crippen LogP contribution in [-0.4, -0.2) is 88.0 Å². The molecule has 1 aromatic carbocycles. The number of carboxylic acids is 2. The molecule has 3 N–H and O–H groups in total. The van der Waals surface area contributed by atoms with E-state index in [4.69, 9.17) is 19.7 Å². The molecular formula is C30H34N2O11. The summed E-state index contributed by atoms with van der Waals surface area (Å²) in [6.07, 6.45) is 2.00. The quantitative estimate of drug-likeness (QED) is 0.249. The Morgan fingerprint density at radius 2 is 1.30 bits per heavy atom. The Balaban J connectivity index is 1.58. The zero-order chi connectivity index (χ0) is 31.2. The second kappa shape index (κ2) is 11.7. The fourth-order valence-electron chi connectivity index (χ4n) is 7.49. The Hall–Kier alpha value is -4.42. The van der Waals surface area contributed by atoms with Crippen LogP contribution < -0.4 is 9.47 Å². The summed E-state index contributed by atoms with van der Waals surface area (Å²) in [4.78, 5) is 79.2. The number of aromatic hydroxyl groups is 1. The minimum Gasteiger partial charge on any atom is -0.508 e. The number of ether oxygens (including phenoxy) is 2.